The highest BCUT2D eigenvalue weighted by Gasteiger charge is 2.00. The first-order valence-electron chi connectivity index (χ1n) is 7.08. The van der Waals surface area contributed by atoms with Crippen LogP contribution >= 0.6 is 11.8 Å². The number of nitrogens with zero attached hydrogens (tertiary/aromatic N) is 1. The van der Waals surface area contributed by atoms with Gasteiger partial charge in [0.1, 0.15) is 0 Å². The van der Waals surface area contributed by atoms with Gasteiger partial charge in [-0.05, 0) is 18.6 Å². The summed E-state index contributed by atoms with van der Waals surface area (Å²) in [7, 11) is -1.38. The van der Waals surface area contributed by atoms with Crippen molar-refractivity contribution in [2.45, 2.75) is 11.3 Å². The Morgan fingerprint density at radius 1 is 1.14 bits per heavy atom. The Morgan fingerprint density at radius 2 is 1.82 bits per heavy atom. The molecule has 0 radical (unpaired) electrons. The zero-order valence-electron chi connectivity index (χ0n) is 13.0. The Hall–Kier alpha value is -1.25. The number of nitrogens with one attached hydrogen (secondary N) is 3. The van der Waals surface area contributed by atoms with Gasteiger partial charge in [-0.3, -0.25) is 4.99 Å². The molecule has 1 aromatic rings. The molecule has 3 N–H and O–H groups in total. The maximum absolute atomic E-state index is 10.9. The number of rotatable bonds is 9. The molecule has 0 amide bonds. The van der Waals surface area contributed by atoms with Crippen LogP contribution in [0.2, 0.25) is 0 Å². The lowest BCUT2D eigenvalue weighted by atomic mass is 10.4. The average molecular weight is 345 g/mol. The van der Waals surface area contributed by atoms with Gasteiger partial charge in [-0.25, -0.2) is 13.1 Å². The predicted octanol–water partition coefficient (Wildman–Crippen LogP) is 0.883. The van der Waals surface area contributed by atoms with Crippen molar-refractivity contribution in [2.24, 2.45) is 4.99 Å². The molecule has 0 unspecified atom stereocenters. The molecule has 0 heterocycles. The van der Waals surface area contributed by atoms with Gasteiger partial charge in [0.05, 0.1) is 6.26 Å². The van der Waals surface area contributed by atoms with E-state index in [1.54, 1.807) is 18.8 Å². The molecular weight excluding hydrogens is 320 g/mol. The van der Waals surface area contributed by atoms with E-state index in [4.69, 9.17) is 0 Å². The normalized spacial score (nSPS) is 12.2. The minimum absolute atomic E-state index is 0.423. The van der Waals surface area contributed by atoms with E-state index in [1.807, 2.05) is 18.2 Å². The van der Waals surface area contributed by atoms with Gasteiger partial charge in [0.2, 0.25) is 10.0 Å². The molecular formula is C14H24N4O2S2. The smallest absolute Gasteiger partial charge is 0.208 e. The average Bonchev–Trinajstić information content (AvgIpc) is 2.49. The largest absolute Gasteiger partial charge is 0.356 e. The van der Waals surface area contributed by atoms with Crippen LogP contribution in [0.4, 0.5) is 0 Å². The highest BCUT2D eigenvalue weighted by atomic mass is 32.2. The number of guanidine groups is 1. The molecule has 22 heavy (non-hydrogen) atoms. The van der Waals surface area contributed by atoms with Crippen LogP contribution in [0.1, 0.15) is 6.42 Å². The molecule has 0 atom stereocenters. The number of benzene rings is 1. The molecule has 6 nitrogen and oxygen atoms in total. The quantitative estimate of drug-likeness (QED) is 0.268. The summed E-state index contributed by atoms with van der Waals surface area (Å²) in [5.41, 5.74) is 0. The van der Waals surface area contributed by atoms with Crippen LogP contribution in [0.5, 0.6) is 0 Å². The number of aliphatic imine (C=N–C) groups is 1. The Balaban J connectivity index is 2.10. The van der Waals surface area contributed by atoms with Crippen LogP contribution in [0.25, 0.3) is 0 Å². The maximum atomic E-state index is 10.9. The summed E-state index contributed by atoms with van der Waals surface area (Å²) in [6.45, 7) is 1.89. The van der Waals surface area contributed by atoms with E-state index in [9.17, 15) is 8.42 Å². The zero-order valence-corrected chi connectivity index (χ0v) is 14.6. The standard InChI is InChI=1S/C14H24N4O2S2/c1-15-14(16-9-6-10-18-22(2,19)20)17-11-12-21-13-7-4-3-5-8-13/h3-5,7-8,18H,6,9-12H2,1-2H3,(H2,15,16,17). The molecule has 0 bridgehead atoms. The van der Waals surface area contributed by atoms with Crippen molar-refractivity contribution in [2.75, 3.05) is 38.7 Å². The summed E-state index contributed by atoms with van der Waals surface area (Å²) in [6, 6.07) is 10.2. The van der Waals surface area contributed by atoms with Crippen LogP contribution in [0.15, 0.2) is 40.2 Å². The van der Waals surface area contributed by atoms with Crippen molar-refractivity contribution in [1.29, 1.82) is 0 Å². The maximum Gasteiger partial charge on any atom is 0.208 e. The molecule has 0 spiro atoms. The van der Waals surface area contributed by atoms with Gasteiger partial charge in [-0.15, -0.1) is 11.8 Å². The van der Waals surface area contributed by atoms with E-state index in [2.05, 4.69) is 32.5 Å². The molecule has 0 saturated heterocycles. The molecule has 0 aliphatic carbocycles. The van der Waals surface area contributed by atoms with Gasteiger partial charge in [-0.1, -0.05) is 18.2 Å². The fraction of sp³-hybridized carbons (Fsp3) is 0.500. The summed E-state index contributed by atoms with van der Waals surface area (Å²) in [5, 5.41) is 6.38. The minimum atomic E-state index is -3.10. The van der Waals surface area contributed by atoms with Crippen LogP contribution in [-0.4, -0.2) is 53.1 Å². The Morgan fingerprint density at radius 3 is 2.45 bits per heavy atom. The summed E-state index contributed by atoms with van der Waals surface area (Å²) in [4.78, 5) is 5.37. The van der Waals surface area contributed by atoms with E-state index in [-0.39, 0.29) is 0 Å². The van der Waals surface area contributed by atoms with Crippen LogP contribution < -0.4 is 15.4 Å². The van der Waals surface area contributed by atoms with Gasteiger partial charge >= 0.3 is 0 Å². The van der Waals surface area contributed by atoms with Gasteiger partial charge in [0, 0.05) is 37.3 Å². The van der Waals surface area contributed by atoms with E-state index in [1.165, 1.54) is 4.90 Å². The van der Waals surface area contributed by atoms with Crippen LogP contribution in [0.3, 0.4) is 0 Å². The number of hydrogen-bond acceptors (Lipinski definition) is 4. The lowest BCUT2D eigenvalue weighted by Gasteiger charge is -2.11. The number of sulfonamides is 1. The van der Waals surface area contributed by atoms with Gasteiger partial charge < -0.3 is 10.6 Å². The first-order chi connectivity index (χ1) is 10.5. The summed E-state index contributed by atoms with van der Waals surface area (Å²) in [5.74, 6) is 1.67. The molecule has 8 heteroatoms. The fourth-order valence-electron chi connectivity index (χ4n) is 1.63. The van der Waals surface area contributed by atoms with Crippen molar-refractivity contribution in [3.8, 4) is 0 Å². The van der Waals surface area contributed by atoms with Crippen LogP contribution in [-0.2, 0) is 10.0 Å². The van der Waals surface area contributed by atoms with E-state index >= 15 is 0 Å². The van der Waals surface area contributed by atoms with Crippen molar-refractivity contribution >= 4 is 27.7 Å². The van der Waals surface area contributed by atoms with E-state index in [0.29, 0.717) is 19.5 Å². The van der Waals surface area contributed by atoms with E-state index < -0.39 is 10.0 Å². The Labute approximate surface area is 137 Å². The topological polar surface area (TPSA) is 82.6 Å². The molecule has 124 valence electrons. The molecule has 1 aromatic carbocycles. The molecule has 0 aliphatic heterocycles. The lowest BCUT2D eigenvalue weighted by Crippen LogP contribution is -2.39. The fourth-order valence-corrected chi connectivity index (χ4v) is 2.93. The van der Waals surface area contributed by atoms with Crippen molar-refractivity contribution in [3.63, 3.8) is 0 Å². The monoisotopic (exact) mass is 344 g/mol. The number of hydrogen-bond donors (Lipinski definition) is 3. The second-order valence-electron chi connectivity index (χ2n) is 4.61. The van der Waals surface area contributed by atoms with Crippen LogP contribution in [0, 0.1) is 0 Å². The molecule has 0 aromatic heterocycles. The summed E-state index contributed by atoms with van der Waals surface area (Å²) < 4.78 is 24.3. The SMILES string of the molecule is CN=C(NCCCNS(C)(=O)=O)NCCSc1ccccc1. The molecule has 0 fully saturated rings. The van der Waals surface area contributed by atoms with E-state index in [0.717, 1.165) is 24.5 Å². The highest BCUT2D eigenvalue weighted by molar-refractivity contribution is 7.99. The lowest BCUT2D eigenvalue weighted by molar-refractivity contribution is 0.584. The van der Waals surface area contributed by atoms with Gasteiger partial charge in [0.15, 0.2) is 5.96 Å². The third-order valence-electron chi connectivity index (χ3n) is 2.64. The third kappa shape index (κ3) is 9.64. The van der Waals surface area contributed by atoms with Gasteiger partial charge in [-0.2, -0.15) is 0 Å². The second-order valence-corrected chi connectivity index (χ2v) is 7.61. The molecule has 0 saturated carbocycles. The molecule has 0 aliphatic rings. The predicted molar refractivity (Wildman–Crippen MR) is 94.0 cm³/mol. The Bertz CT molecular complexity index is 547. The van der Waals surface area contributed by atoms with Crippen molar-refractivity contribution < 1.29 is 8.42 Å². The van der Waals surface area contributed by atoms with Crippen molar-refractivity contribution in [1.82, 2.24) is 15.4 Å². The summed E-state index contributed by atoms with van der Waals surface area (Å²) in [6.07, 6.45) is 1.86. The zero-order chi connectivity index (χ0) is 16.3. The Kier molecular flexibility index (Phi) is 8.95. The molecule has 1 rings (SSSR count). The summed E-state index contributed by atoms with van der Waals surface area (Å²) >= 11 is 1.79. The third-order valence-corrected chi connectivity index (χ3v) is 4.38. The first-order valence-corrected chi connectivity index (χ1v) is 9.96. The highest BCUT2D eigenvalue weighted by Crippen LogP contribution is 2.15. The first kappa shape index (κ1) is 18.8. The number of thioether (sulfide) groups is 1. The second kappa shape index (κ2) is 10.5. The minimum Gasteiger partial charge on any atom is -0.356 e. The van der Waals surface area contributed by atoms with Gasteiger partial charge in [0.25, 0.3) is 0 Å². The van der Waals surface area contributed by atoms with Crippen molar-refractivity contribution in [3.05, 3.63) is 30.3 Å².